The van der Waals surface area contributed by atoms with Gasteiger partial charge in [-0.05, 0) is 64.3 Å². The Hall–Kier alpha value is -2.14. The van der Waals surface area contributed by atoms with Gasteiger partial charge in [-0.1, -0.05) is 26.0 Å². The minimum atomic E-state index is -0.761. The minimum Gasteiger partial charge on any atom is -0.475 e. The van der Waals surface area contributed by atoms with Crippen LogP contribution in [-0.2, 0) is 10.3 Å². The third-order valence-electron chi connectivity index (χ3n) is 4.70. The van der Waals surface area contributed by atoms with Crippen LogP contribution in [0.1, 0.15) is 83.0 Å². The van der Waals surface area contributed by atoms with E-state index in [1.165, 1.54) is 0 Å². The molecule has 1 aliphatic rings. The molecule has 0 radical (unpaired) electrons. The zero-order valence-electron chi connectivity index (χ0n) is 17.4. The maximum Gasteiger partial charge on any atom is 0.216 e. The number of aliphatic hydroxyl groups excluding tert-OH is 1. The topological polar surface area (TPSA) is 59.6 Å². The molecular weight excluding hydrogens is 338 g/mol. The summed E-state index contributed by atoms with van der Waals surface area (Å²) < 4.78 is 7.72. The van der Waals surface area contributed by atoms with E-state index in [1.807, 2.05) is 35.0 Å². The van der Waals surface area contributed by atoms with Crippen molar-refractivity contribution in [3.8, 4) is 0 Å². The first-order chi connectivity index (χ1) is 12.5. The lowest BCUT2D eigenvalue weighted by Crippen LogP contribution is -2.26. The van der Waals surface area contributed by atoms with E-state index in [1.54, 1.807) is 0 Å². The van der Waals surface area contributed by atoms with Crippen LogP contribution in [0.25, 0.3) is 0 Å². The molecule has 2 heterocycles. The first kappa shape index (κ1) is 19.6. The van der Waals surface area contributed by atoms with E-state index in [9.17, 15) is 5.11 Å². The number of aromatic nitrogens is 2. The molecule has 0 saturated heterocycles. The smallest absolute Gasteiger partial charge is 0.216 e. The number of benzene rings is 1. The minimum absolute atomic E-state index is 0.133. The highest BCUT2D eigenvalue weighted by molar-refractivity contribution is 5.95. The molecule has 0 amide bonds. The van der Waals surface area contributed by atoms with Crippen molar-refractivity contribution in [3.63, 3.8) is 0 Å². The average molecular weight is 370 g/mol. The van der Waals surface area contributed by atoms with E-state index in [0.717, 1.165) is 16.8 Å². The zero-order chi connectivity index (χ0) is 20.0. The SMILES string of the molecule is CC(C)c1cc(C(O)c2ccc(C3=NC(C)(C)CO3)cc2)nn1C(C)(C)C. The van der Waals surface area contributed by atoms with Crippen molar-refractivity contribution in [1.29, 1.82) is 0 Å². The van der Waals surface area contributed by atoms with E-state index < -0.39 is 6.10 Å². The lowest BCUT2D eigenvalue weighted by atomic mass is 10.0. The summed E-state index contributed by atoms with van der Waals surface area (Å²) in [6, 6.07) is 9.75. The van der Waals surface area contributed by atoms with E-state index >= 15 is 0 Å². The number of nitrogens with zero attached hydrogens (tertiary/aromatic N) is 3. The second kappa shape index (κ2) is 6.79. The van der Waals surface area contributed by atoms with Gasteiger partial charge in [0.25, 0.3) is 0 Å². The number of hydrogen-bond donors (Lipinski definition) is 1. The molecule has 2 aromatic rings. The first-order valence-corrected chi connectivity index (χ1v) is 9.59. The van der Waals surface area contributed by atoms with Gasteiger partial charge in [0.1, 0.15) is 12.7 Å². The molecule has 1 aromatic heterocycles. The molecule has 1 aromatic carbocycles. The van der Waals surface area contributed by atoms with Gasteiger partial charge in [-0.15, -0.1) is 0 Å². The Morgan fingerprint density at radius 2 is 1.78 bits per heavy atom. The molecule has 0 bridgehead atoms. The predicted molar refractivity (Wildman–Crippen MR) is 108 cm³/mol. The van der Waals surface area contributed by atoms with Crippen LogP contribution in [-0.4, -0.2) is 32.9 Å². The van der Waals surface area contributed by atoms with Crippen LogP contribution in [0, 0.1) is 0 Å². The normalized spacial score (nSPS) is 17.7. The highest BCUT2D eigenvalue weighted by Crippen LogP contribution is 2.29. The van der Waals surface area contributed by atoms with Gasteiger partial charge in [0, 0.05) is 11.3 Å². The molecule has 1 N–H and O–H groups in total. The zero-order valence-corrected chi connectivity index (χ0v) is 17.4. The van der Waals surface area contributed by atoms with Crippen molar-refractivity contribution in [2.75, 3.05) is 6.61 Å². The van der Waals surface area contributed by atoms with Gasteiger partial charge >= 0.3 is 0 Å². The van der Waals surface area contributed by atoms with Crippen molar-refractivity contribution < 1.29 is 9.84 Å². The van der Waals surface area contributed by atoms with Gasteiger partial charge in [0.2, 0.25) is 5.90 Å². The second-order valence-electron chi connectivity index (χ2n) is 9.27. The molecule has 146 valence electrons. The largest absolute Gasteiger partial charge is 0.475 e. The van der Waals surface area contributed by atoms with Crippen molar-refractivity contribution in [1.82, 2.24) is 9.78 Å². The van der Waals surface area contributed by atoms with Crippen LogP contribution >= 0.6 is 0 Å². The van der Waals surface area contributed by atoms with Crippen LogP contribution in [0.5, 0.6) is 0 Å². The third kappa shape index (κ3) is 4.08. The molecule has 0 aliphatic carbocycles. The van der Waals surface area contributed by atoms with E-state index in [0.29, 0.717) is 24.1 Å². The van der Waals surface area contributed by atoms with Gasteiger partial charge in [0.15, 0.2) is 0 Å². The van der Waals surface area contributed by atoms with Crippen LogP contribution < -0.4 is 0 Å². The highest BCUT2D eigenvalue weighted by Gasteiger charge is 2.27. The molecular formula is C22H31N3O2. The first-order valence-electron chi connectivity index (χ1n) is 9.59. The summed E-state index contributed by atoms with van der Waals surface area (Å²) >= 11 is 0. The molecule has 0 spiro atoms. The van der Waals surface area contributed by atoms with Crippen LogP contribution in [0.3, 0.4) is 0 Å². The Kier molecular flexibility index (Phi) is 4.93. The second-order valence-corrected chi connectivity index (χ2v) is 9.27. The Labute approximate surface area is 162 Å². The van der Waals surface area contributed by atoms with Crippen LogP contribution in [0.4, 0.5) is 0 Å². The van der Waals surface area contributed by atoms with E-state index in [2.05, 4.69) is 53.5 Å². The van der Waals surface area contributed by atoms with Gasteiger partial charge in [-0.25, -0.2) is 4.99 Å². The molecule has 1 unspecified atom stereocenters. The van der Waals surface area contributed by atoms with Crippen molar-refractivity contribution in [3.05, 3.63) is 52.8 Å². The fraction of sp³-hybridized carbons (Fsp3) is 0.545. The van der Waals surface area contributed by atoms with Gasteiger partial charge in [0.05, 0.1) is 16.8 Å². The van der Waals surface area contributed by atoms with Crippen LogP contribution in [0.15, 0.2) is 35.3 Å². The Bertz CT molecular complexity index is 839. The molecule has 0 saturated carbocycles. The quantitative estimate of drug-likeness (QED) is 0.869. The summed E-state index contributed by atoms with van der Waals surface area (Å²) in [5.41, 5.74) is 3.23. The van der Waals surface area contributed by atoms with E-state index in [-0.39, 0.29) is 11.1 Å². The fourth-order valence-corrected chi connectivity index (χ4v) is 3.21. The Morgan fingerprint density at radius 1 is 1.15 bits per heavy atom. The van der Waals surface area contributed by atoms with E-state index in [4.69, 9.17) is 9.84 Å². The highest BCUT2D eigenvalue weighted by atomic mass is 16.5. The summed E-state index contributed by atoms with van der Waals surface area (Å²) in [6.45, 7) is 15.4. The predicted octanol–water partition coefficient (Wildman–Crippen LogP) is 4.40. The molecule has 1 atom stereocenters. The number of hydrogen-bond acceptors (Lipinski definition) is 4. The van der Waals surface area contributed by atoms with Crippen LogP contribution in [0.2, 0.25) is 0 Å². The molecule has 1 aliphatic heterocycles. The molecule has 5 nitrogen and oxygen atoms in total. The maximum absolute atomic E-state index is 10.9. The number of ether oxygens (including phenoxy) is 1. The van der Waals surface area contributed by atoms with Crippen molar-refractivity contribution >= 4 is 5.90 Å². The summed E-state index contributed by atoms with van der Waals surface area (Å²) in [5.74, 6) is 1.00. The van der Waals surface area contributed by atoms with Gasteiger partial charge < -0.3 is 9.84 Å². The maximum atomic E-state index is 10.9. The van der Waals surface area contributed by atoms with Gasteiger partial charge in [-0.3, -0.25) is 4.68 Å². The molecule has 0 fully saturated rings. The lowest BCUT2D eigenvalue weighted by molar-refractivity contribution is 0.211. The molecule has 5 heteroatoms. The monoisotopic (exact) mass is 369 g/mol. The lowest BCUT2D eigenvalue weighted by Gasteiger charge is -2.23. The summed E-state index contributed by atoms with van der Waals surface area (Å²) in [5, 5.41) is 15.6. The summed E-state index contributed by atoms with van der Waals surface area (Å²) in [6.07, 6.45) is -0.761. The standard InChI is InChI=1S/C22H31N3O2/c1-14(2)18-12-17(24-25(18)21(3,4)5)19(26)15-8-10-16(11-9-15)20-23-22(6,7)13-27-20/h8-12,14,19,26H,13H2,1-7H3. The Morgan fingerprint density at radius 3 is 2.22 bits per heavy atom. The molecule has 3 rings (SSSR count). The number of rotatable bonds is 4. The van der Waals surface area contributed by atoms with Crippen molar-refractivity contribution in [2.45, 2.75) is 71.6 Å². The number of aliphatic hydroxyl groups is 1. The Balaban J connectivity index is 1.87. The average Bonchev–Trinajstić information content (AvgIpc) is 3.18. The van der Waals surface area contributed by atoms with Crippen molar-refractivity contribution in [2.24, 2.45) is 4.99 Å². The summed E-state index contributed by atoms with van der Waals surface area (Å²) in [7, 11) is 0. The van der Waals surface area contributed by atoms with Gasteiger partial charge in [-0.2, -0.15) is 5.10 Å². The summed E-state index contributed by atoms with van der Waals surface area (Å²) in [4.78, 5) is 4.60. The molecule has 27 heavy (non-hydrogen) atoms. The number of aliphatic imine (C=N–C) groups is 1. The third-order valence-corrected chi connectivity index (χ3v) is 4.70. The fourth-order valence-electron chi connectivity index (χ4n) is 3.21.